The van der Waals surface area contributed by atoms with Crippen molar-refractivity contribution in [2.45, 2.75) is 70.2 Å². The summed E-state index contributed by atoms with van der Waals surface area (Å²) in [7, 11) is 1.22. The van der Waals surface area contributed by atoms with E-state index in [1.165, 1.54) is 19.3 Å². The summed E-state index contributed by atoms with van der Waals surface area (Å²) in [4.78, 5) is 65.1. The van der Waals surface area contributed by atoms with Crippen LogP contribution >= 0.6 is 0 Å². The van der Waals surface area contributed by atoms with Gasteiger partial charge in [0, 0.05) is 13.5 Å². The molecule has 0 unspecified atom stereocenters. The van der Waals surface area contributed by atoms with Crippen molar-refractivity contribution >= 4 is 29.8 Å². The summed E-state index contributed by atoms with van der Waals surface area (Å²) in [6, 6.07) is 9.16. The highest BCUT2D eigenvalue weighted by Gasteiger charge is 2.54. The SMILES string of the molecule is CCOC(=O)[C@H]1C/C=C\C[C@H](C(=O)OCC)C(=O)O[C@H]2[C@@H](OC)O[C@H](CO)[C@@H](OC(=O)CCc3ccccc3)[C@@H]2OC1=O. The highest BCUT2D eigenvalue weighted by atomic mass is 16.7. The smallest absolute Gasteiger partial charge is 0.321 e. The average molecular weight is 607 g/mol. The number of ether oxygens (including phenoxy) is 7. The highest BCUT2D eigenvalue weighted by molar-refractivity contribution is 5.96. The van der Waals surface area contributed by atoms with Crippen LogP contribution in [0.4, 0.5) is 0 Å². The quantitative estimate of drug-likeness (QED) is 0.176. The topological polar surface area (TPSA) is 170 Å². The van der Waals surface area contributed by atoms with Crippen molar-refractivity contribution in [2.75, 3.05) is 26.9 Å². The maximum Gasteiger partial charge on any atom is 0.321 e. The second-order valence-corrected chi connectivity index (χ2v) is 9.76. The summed E-state index contributed by atoms with van der Waals surface area (Å²) in [6.45, 7) is 2.46. The van der Waals surface area contributed by atoms with E-state index in [-0.39, 0.29) is 32.5 Å². The van der Waals surface area contributed by atoms with E-state index in [1.54, 1.807) is 13.8 Å². The molecule has 13 nitrogen and oxygen atoms in total. The Morgan fingerprint density at radius 2 is 1.44 bits per heavy atom. The molecule has 0 saturated carbocycles. The zero-order valence-electron chi connectivity index (χ0n) is 24.4. The van der Waals surface area contributed by atoms with Gasteiger partial charge in [0.05, 0.1) is 19.8 Å². The normalized spacial score (nSPS) is 28.5. The van der Waals surface area contributed by atoms with Crippen LogP contribution in [0, 0.1) is 11.8 Å². The molecule has 2 aliphatic rings. The van der Waals surface area contributed by atoms with Crippen molar-refractivity contribution < 1.29 is 62.2 Å². The zero-order valence-corrected chi connectivity index (χ0v) is 24.4. The molecule has 0 amide bonds. The summed E-state index contributed by atoms with van der Waals surface area (Å²) in [5.74, 6) is -7.35. The molecule has 0 aliphatic carbocycles. The van der Waals surface area contributed by atoms with Crippen LogP contribution in [0.2, 0.25) is 0 Å². The molecule has 43 heavy (non-hydrogen) atoms. The number of rotatable bonds is 10. The summed E-state index contributed by atoms with van der Waals surface area (Å²) < 4.78 is 38.3. The van der Waals surface area contributed by atoms with Gasteiger partial charge in [0.2, 0.25) is 0 Å². The van der Waals surface area contributed by atoms with E-state index in [2.05, 4.69) is 0 Å². The van der Waals surface area contributed by atoms with Crippen molar-refractivity contribution in [3.63, 3.8) is 0 Å². The fourth-order valence-electron chi connectivity index (χ4n) is 4.68. The van der Waals surface area contributed by atoms with Gasteiger partial charge in [-0.2, -0.15) is 0 Å². The molecule has 2 heterocycles. The van der Waals surface area contributed by atoms with Crippen LogP contribution in [-0.4, -0.2) is 92.6 Å². The Balaban J connectivity index is 1.99. The average Bonchev–Trinajstić information content (AvgIpc) is 2.99. The first-order valence-electron chi connectivity index (χ1n) is 14.2. The van der Waals surface area contributed by atoms with E-state index in [0.29, 0.717) is 6.42 Å². The Bertz CT molecular complexity index is 1130. The van der Waals surface area contributed by atoms with Crippen LogP contribution in [0.5, 0.6) is 0 Å². The van der Waals surface area contributed by atoms with Gasteiger partial charge >= 0.3 is 29.8 Å². The summed E-state index contributed by atoms with van der Waals surface area (Å²) >= 11 is 0. The minimum Gasteiger partial charge on any atom is -0.465 e. The number of aryl methyl sites for hydroxylation is 1. The van der Waals surface area contributed by atoms with Crippen LogP contribution in [0.1, 0.15) is 38.7 Å². The Hall–Kier alpha value is -3.81. The maximum atomic E-state index is 13.4. The van der Waals surface area contributed by atoms with E-state index in [9.17, 15) is 29.1 Å². The fourth-order valence-corrected chi connectivity index (χ4v) is 4.68. The first-order chi connectivity index (χ1) is 20.7. The molecular formula is C30H38O13. The van der Waals surface area contributed by atoms with Gasteiger partial charge in [-0.3, -0.25) is 24.0 Å². The Morgan fingerprint density at radius 1 is 0.884 bits per heavy atom. The van der Waals surface area contributed by atoms with Crippen molar-refractivity contribution in [3.05, 3.63) is 48.0 Å². The van der Waals surface area contributed by atoms with Crippen molar-refractivity contribution in [1.29, 1.82) is 0 Å². The molecule has 0 spiro atoms. The van der Waals surface area contributed by atoms with Crippen LogP contribution in [0.25, 0.3) is 0 Å². The maximum absolute atomic E-state index is 13.4. The lowest BCUT2D eigenvalue weighted by Gasteiger charge is -2.44. The molecule has 1 fully saturated rings. The molecule has 1 aromatic carbocycles. The van der Waals surface area contributed by atoms with E-state index < -0.39 is 79.0 Å². The lowest BCUT2D eigenvalue weighted by molar-refractivity contribution is -0.304. The number of carbonyl (C=O) groups excluding carboxylic acids is 5. The molecular weight excluding hydrogens is 568 g/mol. The lowest BCUT2D eigenvalue weighted by atomic mass is 9.96. The monoisotopic (exact) mass is 606 g/mol. The van der Waals surface area contributed by atoms with Gasteiger partial charge in [0.15, 0.2) is 36.4 Å². The van der Waals surface area contributed by atoms with Gasteiger partial charge in [-0.15, -0.1) is 0 Å². The number of hydrogen-bond acceptors (Lipinski definition) is 13. The first kappa shape index (κ1) is 33.7. The molecule has 7 atom stereocenters. The fraction of sp³-hybridized carbons (Fsp3) is 0.567. The highest BCUT2D eigenvalue weighted by Crippen LogP contribution is 2.31. The van der Waals surface area contributed by atoms with Crippen LogP contribution in [0.15, 0.2) is 42.5 Å². The van der Waals surface area contributed by atoms with Gasteiger partial charge in [-0.05, 0) is 38.7 Å². The zero-order chi connectivity index (χ0) is 31.4. The van der Waals surface area contributed by atoms with Crippen molar-refractivity contribution in [1.82, 2.24) is 0 Å². The predicted molar refractivity (Wildman–Crippen MR) is 146 cm³/mol. The van der Waals surface area contributed by atoms with Gasteiger partial charge < -0.3 is 38.3 Å². The number of aliphatic hydroxyl groups is 1. The summed E-state index contributed by atoms with van der Waals surface area (Å²) in [6.07, 6.45) is -4.51. The third-order valence-corrected chi connectivity index (χ3v) is 6.86. The van der Waals surface area contributed by atoms with Crippen LogP contribution < -0.4 is 0 Å². The van der Waals surface area contributed by atoms with Crippen LogP contribution in [-0.2, 0) is 63.6 Å². The first-order valence-corrected chi connectivity index (χ1v) is 14.2. The molecule has 2 aliphatic heterocycles. The second kappa shape index (κ2) is 16.7. The number of aliphatic hydroxyl groups excluding tert-OH is 1. The van der Waals surface area contributed by atoms with E-state index >= 15 is 0 Å². The van der Waals surface area contributed by atoms with E-state index in [0.717, 1.165) is 5.56 Å². The second-order valence-electron chi connectivity index (χ2n) is 9.76. The third-order valence-electron chi connectivity index (χ3n) is 6.86. The molecule has 0 radical (unpaired) electrons. The third kappa shape index (κ3) is 9.09. The number of benzene rings is 1. The largest absolute Gasteiger partial charge is 0.465 e. The minimum absolute atomic E-state index is 0.00389. The lowest BCUT2D eigenvalue weighted by Crippen LogP contribution is -2.63. The van der Waals surface area contributed by atoms with E-state index in [4.69, 9.17) is 33.2 Å². The molecule has 3 rings (SSSR count). The van der Waals surface area contributed by atoms with Crippen molar-refractivity contribution in [2.24, 2.45) is 11.8 Å². The molecule has 1 N–H and O–H groups in total. The molecule has 236 valence electrons. The van der Waals surface area contributed by atoms with Gasteiger partial charge in [0.25, 0.3) is 0 Å². The molecule has 13 heteroatoms. The molecule has 1 saturated heterocycles. The summed E-state index contributed by atoms with van der Waals surface area (Å²) in [5, 5.41) is 10.1. The number of hydrogen-bond donors (Lipinski definition) is 1. The van der Waals surface area contributed by atoms with E-state index in [1.807, 2.05) is 30.3 Å². The predicted octanol–water partition coefficient (Wildman–Crippen LogP) is 1.43. The minimum atomic E-state index is -1.60. The standard InChI is InChI=1S/C30H38O13/c1-4-38-26(33)19-13-9-10-14-20(27(34)39-5-2)29(36)43-25-24(42-28(19)35)23(21(17-31)40-30(25)37-3)41-22(32)16-15-18-11-7-6-8-12-18/h6-12,19-21,23-25,30-31H,4-5,13-17H2,1-3H3/b10-9-/t19-,20-,21-,23-,24+,25-,30+/m1/s1. The number of esters is 5. The Labute approximate surface area is 249 Å². The van der Waals surface area contributed by atoms with Crippen LogP contribution in [0.3, 0.4) is 0 Å². The number of carbonyl (C=O) groups is 5. The number of methoxy groups -OCH3 is 1. The Morgan fingerprint density at radius 3 is 1.95 bits per heavy atom. The molecule has 1 aromatic rings. The number of fused-ring (bicyclic) bond motifs is 1. The summed E-state index contributed by atoms with van der Waals surface area (Å²) in [5.41, 5.74) is 0.872. The number of allylic oxidation sites excluding steroid dienone is 2. The Kier molecular flexibility index (Phi) is 13.1. The van der Waals surface area contributed by atoms with Gasteiger partial charge in [-0.1, -0.05) is 42.5 Å². The van der Waals surface area contributed by atoms with Gasteiger partial charge in [-0.25, -0.2) is 0 Å². The van der Waals surface area contributed by atoms with Gasteiger partial charge in [0.1, 0.15) is 6.10 Å². The van der Waals surface area contributed by atoms with Crippen molar-refractivity contribution in [3.8, 4) is 0 Å². The molecule has 0 bridgehead atoms. The molecule has 0 aromatic heterocycles.